The van der Waals surface area contributed by atoms with E-state index in [0.29, 0.717) is 11.4 Å². The van der Waals surface area contributed by atoms with Crippen LogP contribution in [0.15, 0.2) is 73.8 Å². The van der Waals surface area contributed by atoms with Crippen LogP contribution in [0.1, 0.15) is 0 Å². The van der Waals surface area contributed by atoms with Crippen LogP contribution in [0.5, 0.6) is 5.75 Å². The van der Waals surface area contributed by atoms with Crippen LogP contribution in [0.3, 0.4) is 0 Å². The summed E-state index contributed by atoms with van der Waals surface area (Å²) in [5.41, 5.74) is 5.08. The van der Waals surface area contributed by atoms with E-state index in [2.05, 4.69) is 18.6 Å². The maximum atomic E-state index is 11.1. The second-order valence-corrected chi connectivity index (χ2v) is 4.45. The predicted molar refractivity (Wildman–Crippen MR) is 87.6 cm³/mol. The molecule has 0 fully saturated rings. The van der Waals surface area contributed by atoms with Crippen LogP contribution in [0.4, 0.5) is 5.69 Å². The van der Waals surface area contributed by atoms with Crippen molar-refractivity contribution >= 4 is 17.6 Å². The van der Waals surface area contributed by atoms with Crippen molar-refractivity contribution in [2.75, 3.05) is 5.48 Å². The summed E-state index contributed by atoms with van der Waals surface area (Å²) in [7, 11) is 0. The van der Waals surface area contributed by atoms with Crippen molar-refractivity contribution in [3.63, 3.8) is 0 Å². The normalized spacial score (nSPS) is 9.57. The van der Waals surface area contributed by atoms with E-state index in [1.54, 1.807) is 24.3 Å². The molecular weight excluding hydrogens is 294 g/mol. The lowest BCUT2D eigenvalue weighted by atomic mass is 10.1. The SMILES string of the molecule is C=CC(=O)ONc1ccc(-c2ccc(OC(=O)C=C)cc2)cc1. The van der Waals surface area contributed by atoms with Gasteiger partial charge in [-0.15, -0.1) is 0 Å². The fourth-order valence-corrected chi connectivity index (χ4v) is 1.75. The van der Waals surface area contributed by atoms with E-state index in [-0.39, 0.29) is 0 Å². The van der Waals surface area contributed by atoms with Gasteiger partial charge in [0.1, 0.15) is 5.75 Å². The molecule has 0 heterocycles. The zero-order valence-corrected chi connectivity index (χ0v) is 12.3. The zero-order valence-electron chi connectivity index (χ0n) is 12.3. The lowest BCUT2D eigenvalue weighted by Crippen LogP contribution is -2.06. The van der Waals surface area contributed by atoms with Crippen LogP contribution in [0.2, 0.25) is 0 Å². The standard InChI is InChI=1S/C18H15NO4/c1-3-17(20)22-16-11-7-14(8-12-16)13-5-9-15(10-6-13)19-23-18(21)4-2/h3-12,19H,1-2H2. The molecule has 0 aliphatic carbocycles. The average Bonchev–Trinajstić information content (AvgIpc) is 2.60. The minimum atomic E-state index is -0.557. The first-order chi connectivity index (χ1) is 11.1. The van der Waals surface area contributed by atoms with Crippen molar-refractivity contribution in [2.45, 2.75) is 0 Å². The number of esters is 1. The van der Waals surface area contributed by atoms with Crippen molar-refractivity contribution < 1.29 is 19.2 Å². The molecular formula is C18H15NO4. The van der Waals surface area contributed by atoms with E-state index in [0.717, 1.165) is 23.3 Å². The van der Waals surface area contributed by atoms with Gasteiger partial charge >= 0.3 is 11.9 Å². The lowest BCUT2D eigenvalue weighted by molar-refractivity contribution is -0.135. The number of anilines is 1. The number of carbonyl (C=O) groups excluding carboxylic acids is 2. The van der Waals surface area contributed by atoms with Gasteiger partial charge in [-0.05, 0) is 35.4 Å². The summed E-state index contributed by atoms with van der Waals surface area (Å²) in [6, 6.07) is 14.4. The third-order valence-electron chi connectivity index (χ3n) is 2.89. The highest BCUT2D eigenvalue weighted by Crippen LogP contribution is 2.24. The number of hydrogen-bond donors (Lipinski definition) is 1. The number of hydrogen-bond acceptors (Lipinski definition) is 5. The number of carbonyl (C=O) groups is 2. The lowest BCUT2D eigenvalue weighted by Gasteiger charge is -2.07. The van der Waals surface area contributed by atoms with E-state index in [1.807, 2.05) is 24.3 Å². The quantitative estimate of drug-likeness (QED) is 0.383. The molecule has 0 radical (unpaired) electrons. The van der Waals surface area contributed by atoms with Gasteiger partial charge in [-0.2, -0.15) is 0 Å². The van der Waals surface area contributed by atoms with Gasteiger partial charge in [0.25, 0.3) is 0 Å². The average molecular weight is 309 g/mol. The van der Waals surface area contributed by atoms with E-state index >= 15 is 0 Å². The van der Waals surface area contributed by atoms with E-state index < -0.39 is 11.9 Å². The highest BCUT2D eigenvalue weighted by molar-refractivity contribution is 5.83. The molecule has 5 nitrogen and oxygen atoms in total. The molecule has 1 N–H and O–H groups in total. The summed E-state index contributed by atoms with van der Waals surface area (Å²) >= 11 is 0. The Labute approximate surface area is 133 Å². The minimum Gasteiger partial charge on any atom is -0.423 e. The first-order valence-electron chi connectivity index (χ1n) is 6.76. The Hall–Kier alpha value is -3.34. The summed E-state index contributed by atoms with van der Waals surface area (Å²) in [6.07, 6.45) is 2.18. The summed E-state index contributed by atoms with van der Waals surface area (Å²) in [4.78, 5) is 26.8. The third-order valence-corrected chi connectivity index (χ3v) is 2.89. The second kappa shape index (κ2) is 7.61. The minimum absolute atomic E-state index is 0.452. The molecule has 116 valence electrons. The molecule has 0 aliphatic rings. The largest absolute Gasteiger partial charge is 0.423 e. The number of benzene rings is 2. The third kappa shape index (κ3) is 4.57. The number of rotatable bonds is 6. The van der Waals surface area contributed by atoms with Crippen molar-refractivity contribution in [3.05, 3.63) is 73.8 Å². The molecule has 0 saturated carbocycles. The molecule has 2 aromatic carbocycles. The monoisotopic (exact) mass is 309 g/mol. The van der Waals surface area contributed by atoms with Crippen LogP contribution in [-0.2, 0) is 14.4 Å². The molecule has 23 heavy (non-hydrogen) atoms. The Kier molecular flexibility index (Phi) is 5.30. The molecule has 0 aliphatic heterocycles. The number of ether oxygens (including phenoxy) is 1. The zero-order chi connectivity index (χ0) is 16.7. The molecule has 0 spiro atoms. The van der Waals surface area contributed by atoms with Crippen molar-refractivity contribution in [3.8, 4) is 16.9 Å². The summed E-state index contributed by atoms with van der Waals surface area (Å²) in [6.45, 7) is 6.65. The molecule has 0 atom stereocenters. The van der Waals surface area contributed by atoms with Crippen LogP contribution in [0.25, 0.3) is 11.1 Å². The van der Waals surface area contributed by atoms with Gasteiger partial charge in [-0.1, -0.05) is 37.4 Å². The molecule has 5 heteroatoms. The van der Waals surface area contributed by atoms with E-state index in [1.165, 1.54) is 0 Å². The Morgan fingerprint density at radius 2 is 1.35 bits per heavy atom. The van der Waals surface area contributed by atoms with Crippen LogP contribution in [0, 0.1) is 0 Å². The van der Waals surface area contributed by atoms with Gasteiger partial charge in [-0.3, -0.25) is 0 Å². The van der Waals surface area contributed by atoms with Gasteiger partial charge in [0.2, 0.25) is 0 Å². The molecule has 0 saturated heterocycles. The summed E-state index contributed by atoms with van der Waals surface area (Å²) < 4.78 is 5.01. The fourth-order valence-electron chi connectivity index (χ4n) is 1.75. The van der Waals surface area contributed by atoms with Gasteiger partial charge in [0, 0.05) is 12.2 Å². The number of nitrogens with one attached hydrogen (secondary N) is 1. The molecule has 2 rings (SSSR count). The highest BCUT2D eigenvalue weighted by Gasteiger charge is 2.02. The van der Waals surface area contributed by atoms with E-state index in [9.17, 15) is 9.59 Å². The second-order valence-electron chi connectivity index (χ2n) is 4.45. The summed E-state index contributed by atoms with van der Waals surface area (Å²) in [5, 5.41) is 0. The molecule has 0 bridgehead atoms. The Morgan fingerprint density at radius 3 is 1.87 bits per heavy atom. The first-order valence-corrected chi connectivity index (χ1v) is 6.76. The topological polar surface area (TPSA) is 64.6 Å². The van der Waals surface area contributed by atoms with Crippen molar-refractivity contribution in [2.24, 2.45) is 0 Å². The van der Waals surface area contributed by atoms with Gasteiger partial charge in [0.05, 0.1) is 5.69 Å². The van der Waals surface area contributed by atoms with Crippen LogP contribution >= 0.6 is 0 Å². The molecule has 0 amide bonds. The smallest absolute Gasteiger partial charge is 0.355 e. The maximum absolute atomic E-state index is 11.1. The fraction of sp³-hybridized carbons (Fsp3) is 0. The van der Waals surface area contributed by atoms with Gasteiger partial charge < -0.3 is 9.57 Å². The van der Waals surface area contributed by atoms with Crippen molar-refractivity contribution in [1.82, 2.24) is 0 Å². The maximum Gasteiger partial charge on any atom is 0.355 e. The van der Waals surface area contributed by atoms with E-state index in [4.69, 9.17) is 9.57 Å². The van der Waals surface area contributed by atoms with Crippen LogP contribution in [-0.4, -0.2) is 11.9 Å². The first kappa shape index (κ1) is 16.0. The van der Waals surface area contributed by atoms with Gasteiger partial charge in [0.15, 0.2) is 0 Å². The Balaban J connectivity index is 2.04. The molecule has 0 unspecified atom stereocenters. The molecule has 0 aromatic heterocycles. The van der Waals surface area contributed by atoms with Gasteiger partial charge in [-0.25, -0.2) is 15.1 Å². The predicted octanol–water partition coefficient (Wildman–Crippen LogP) is 3.50. The Morgan fingerprint density at radius 1 is 0.826 bits per heavy atom. The Bertz CT molecular complexity index is 718. The molecule has 2 aromatic rings. The van der Waals surface area contributed by atoms with Crippen molar-refractivity contribution in [1.29, 1.82) is 0 Å². The highest BCUT2D eigenvalue weighted by atomic mass is 16.7. The summed E-state index contributed by atoms with van der Waals surface area (Å²) in [5.74, 6) is -0.603. The van der Waals surface area contributed by atoms with Crippen LogP contribution < -0.4 is 10.2 Å².